The highest BCUT2D eigenvalue weighted by Crippen LogP contribution is 2.31. The number of unbranched alkanes of at least 4 members (excludes halogenated alkanes) is 3. The number of anilines is 1. The van der Waals surface area contributed by atoms with Gasteiger partial charge in [-0.3, -0.25) is 19.1 Å². The second-order valence-electron chi connectivity index (χ2n) is 8.45. The molecule has 3 aromatic heterocycles. The summed E-state index contributed by atoms with van der Waals surface area (Å²) in [5, 5.41) is 16.2. The number of carbonyl (C=O) groups excluding carboxylic acids is 1. The number of carbonyl (C=O) groups is 1. The van der Waals surface area contributed by atoms with Gasteiger partial charge < -0.3 is 25.5 Å². The lowest BCUT2D eigenvalue weighted by Crippen LogP contribution is -2.22. The number of nitrogens with one attached hydrogen (secondary N) is 4. The van der Waals surface area contributed by atoms with Crippen molar-refractivity contribution in [3.8, 4) is 0 Å². The third-order valence-electron chi connectivity index (χ3n) is 5.83. The average Bonchev–Trinajstić information content (AvgIpc) is 3.60. The Labute approximate surface area is 209 Å². The van der Waals surface area contributed by atoms with Crippen molar-refractivity contribution in [1.29, 1.82) is 1.28 Å². The second-order valence-corrected chi connectivity index (χ2v) is 9.08. The van der Waals surface area contributed by atoms with Crippen molar-refractivity contribution in [2.75, 3.05) is 24.6 Å². The maximum absolute atomic E-state index is 12.5. The van der Waals surface area contributed by atoms with Gasteiger partial charge in [0, 0.05) is 25.6 Å². The van der Waals surface area contributed by atoms with Crippen molar-refractivity contribution in [2.24, 2.45) is 0 Å². The summed E-state index contributed by atoms with van der Waals surface area (Å²) in [4.78, 5) is 42.3. The van der Waals surface area contributed by atoms with E-state index in [2.05, 4.69) is 35.6 Å². The molecule has 14 heteroatoms. The minimum absolute atomic E-state index is 0.0597. The zero-order chi connectivity index (χ0) is 26.2. The van der Waals surface area contributed by atoms with E-state index < -0.39 is 32.4 Å². The molecule has 36 heavy (non-hydrogen) atoms. The minimum atomic E-state index is -2.20. The second kappa shape index (κ2) is 12.5. The Morgan fingerprint density at radius 1 is 1.36 bits per heavy atom. The van der Waals surface area contributed by atoms with E-state index in [4.69, 9.17) is 6.02 Å². The maximum Gasteiger partial charge on any atom is 0.388 e. The summed E-state index contributed by atoms with van der Waals surface area (Å²) in [7, 11) is -2.20. The normalized spacial score (nSPS) is 20.6. The molecule has 1 amide bonds. The first kappa shape index (κ1) is 24.3. The highest BCUT2D eigenvalue weighted by Gasteiger charge is 2.37. The third kappa shape index (κ3) is 6.62. The van der Waals surface area contributed by atoms with Crippen molar-refractivity contribution >= 4 is 37.5 Å². The van der Waals surface area contributed by atoms with Crippen molar-refractivity contribution in [2.45, 2.75) is 50.5 Å². The lowest BCUT2D eigenvalue weighted by molar-refractivity contribution is -0.116. The van der Waals surface area contributed by atoms with Gasteiger partial charge in [-0.1, -0.05) is 17.4 Å². The molecule has 0 bridgehead atoms. The van der Waals surface area contributed by atoms with Crippen molar-refractivity contribution in [3.63, 3.8) is 0 Å². The van der Waals surface area contributed by atoms with Gasteiger partial charge in [-0.05, 0) is 18.9 Å². The number of hydrogen-bond acceptors (Lipinski definition) is 9. The Kier molecular flexibility index (Phi) is 8.45. The third-order valence-corrected chi connectivity index (χ3v) is 6.34. The van der Waals surface area contributed by atoms with E-state index in [1.165, 1.54) is 12.4 Å². The molecule has 4 atom stereocenters. The summed E-state index contributed by atoms with van der Waals surface area (Å²) in [5.41, 5.74) is 0.838. The number of ether oxygens (including phenoxy) is 1. The number of aliphatic hydroxyl groups excluding tert-OH is 1. The van der Waals surface area contributed by atoms with E-state index in [9.17, 15) is 19.3 Å². The van der Waals surface area contributed by atoms with E-state index in [1.54, 1.807) is 23.2 Å². The molecular formula is C22H30N8O5P+. The van der Waals surface area contributed by atoms with Crippen LogP contribution in [-0.4, -0.2) is 73.2 Å². The first-order valence-corrected chi connectivity index (χ1v) is 12.8. The van der Waals surface area contributed by atoms with E-state index >= 15 is 0 Å². The largest absolute Gasteiger partial charge is 0.390 e. The van der Waals surface area contributed by atoms with Crippen molar-refractivity contribution in [3.05, 3.63) is 41.0 Å². The van der Waals surface area contributed by atoms with Crippen LogP contribution in [0.3, 0.4) is 0 Å². The van der Waals surface area contributed by atoms with Gasteiger partial charge >= 0.3 is 9.68 Å². The van der Waals surface area contributed by atoms with Crippen molar-refractivity contribution in [1.82, 2.24) is 34.8 Å². The summed E-state index contributed by atoms with van der Waals surface area (Å²) in [6.07, 6.45) is 9.29. The molecule has 0 spiro atoms. The number of aromatic amines is 2. The smallest absolute Gasteiger partial charge is 0.388 e. The fraction of sp³-hybridized carbons (Fsp3) is 0.500. The van der Waals surface area contributed by atoms with E-state index in [0.717, 1.165) is 31.4 Å². The number of aromatic nitrogens is 6. The number of H-pyrrole nitrogens is 2. The van der Waals surface area contributed by atoms with Gasteiger partial charge in [-0.2, -0.15) is 4.98 Å². The van der Waals surface area contributed by atoms with Gasteiger partial charge in [0.05, 0.1) is 30.6 Å². The average molecular weight is 520 g/mol. The van der Waals surface area contributed by atoms with Crippen LogP contribution in [0.2, 0.25) is 0 Å². The van der Waals surface area contributed by atoms with Crippen LogP contribution < -0.4 is 16.2 Å². The number of rotatable bonds is 13. The van der Waals surface area contributed by atoms with E-state index in [0.29, 0.717) is 24.7 Å². The van der Waals surface area contributed by atoms with Crippen LogP contribution in [-0.2, 0) is 14.1 Å². The lowest BCUT2D eigenvalue weighted by atomic mass is 10.2. The standard InChI is InChI=1S/C22H29N8O5P/c31-15-9-18(35-16(15)11-36-34)30-13-27-19-20(30)28-22(29-21(19)33)25-8-4-2-1-3-7-24-17(32)6-5-14-10-23-12-26-14/h5-6,10,12-13,15-16,18,31H,1-4,7-9,11H2,(H,23,26)(H,24,32)(H2,25,28,29,33)/p+1/i/hT. The molecule has 1 aliphatic rings. The molecule has 13 nitrogen and oxygen atoms in total. The van der Waals surface area contributed by atoms with Gasteiger partial charge in [0.25, 0.3) is 5.56 Å². The van der Waals surface area contributed by atoms with Gasteiger partial charge in [-0.25, -0.2) is 9.97 Å². The van der Waals surface area contributed by atoms with Crippen LogP contribution in [0, 0.1) is 0 Å². The Balaban J connectivity index is 1.20. The Bertz CT molecular complexity index is 1290. The molecule has 1 aliphatic heterocycles. The number of hydrogen-bond donors (Lipinski definition) is 5. The van der Waals surface area contributed by atoms with Gasteiger partial charge in [0.15, 0.2) is 17.3 Å². The molecule has 0 radical (unpaired) electrons. The van der Waals surface area contributed by atoms with Crippen LogP contribution in [0.5, 0.6) is 0 Å². The highest BCUT2D eigenvalue weighted by molar-refractivity contribution is 7.23. The maximum atomic E-state index is 12.5. The van der Waals surface area contributed by atoms with Crippen LogP contribution in [0.15, 0.2) is 29.7 Å². The molecule has 4 rings (SSSR count). The van der Waals surface area contributed by atoms with Crippen LogP contribution >= 0.6 is 8.41 Å². The first-order chi connectivity index (χ1) is 17.9. The molecule has 0 aromatic carbocycles. The van der Waals surface area contributed by atoms with Crippen LogP contribution in [0.25, 0.3) is 17.2 Å². The minimum Gasteiger partial charge on any atom is -0.390 e. The monoisotopic (exact) mass is 519 g/mol. The van der Waals surface area contributed by atoms with Crippen LogP contribution in [0.4, 0.5) is 5.95 Å². The van der Waals surface area contributed by atoms with Gasteiger partial charge in [0.1, 0.15) is 12.3 Å². The number of nitrogens with zero attached hydrogens (tertiary/aromatic N) is 4. The molecule has 0 aliphatic carbocycles. The summed E-state index contributed by atoms with van der Waals surface area (Å²) in [6, 6.07) is 0. The van der Waals surface area contributed by atoms with Crippen LogP contribution in [0.1, 0.15) is 44.0 Å². The zero-order valence-electron chi connectivity index (χ0n) is 20.6. The van der Waals surface area contributed by atoms with E-state index in [-0.39, 0.29) is 24.0 Å². The highest BCUT2D eigenvalue weighted by atomic mass is 31.1. The summed E-state index contributed by atoms with van der Waals surface area (Å²) < 4.78 is 25.8. The first-order valence-electron chi connectivity index (χ1n) is 12.3. The predicted molar refractivity (Wildman–Crippen MR) is 134 cm³/mol. The molecule has 192 valence electrons. The molecule has 4 heterocycles. The molecule has 1 saturated heterocycles. The van der Waals surface area contributed by atoms with Crippen molar-refractivity contribution < 1.29 is 19.2 Å². The fourth-order valence-corrected chi connectivity index (χ4v) is 4.42. The van der Waals surface area contributed by atoms with Gasteiger partial charge in [-0.15, -0.1) is 0 Å². The Hall–Kier alpha value is -3.41. The summed E-state index contributed by atoms with van der Waals surface area (Å²) >= 11 is 0. The Morgan fingerprint density at radius 3 is 2.97 bits per heavy atom. The quantitative estimate of drug-likeness (QED) is 0.126. The number of amides is 1. The van der Waals surface area contributed by atoms with E-state index in [1.807, 2.05) is 0 Å². The zero-order valence-corrected chi connectivity index (χ0v) is 20.5. The SMILES string of the molecule is [3H][P+](=O)CC1OC(n2cnc3c(=O)[nH]c(NCCCCCCNC(=O)C=Cc4cnc[nH]4)nc32)CC1O. The summed E-state index contributed by atoms with van der Waals surface area (Å²) in [5.74, 6) is 0.153. The molecule has 5 N–H and O–H groups in total. The number of imidazole rings is 2. The molecule has 3 aromatic rings. The molecule has 1 fully saturated rings. The molecule has 0 saturated carbocycles. The predicted octanol–water partition coefficient (Wildman–Crippen LogP) is 1.32. The summed E-state index contributed by atoms with van der Waals surface area (Å²) in [6.45, 7) is 1.19. The Morgan fingerprint density at radius 2 is 2.19 bits per heavy atom. The molecular weight excluding hydrogens is 487 g/mol. The topological polar surface area (TPSA) is 180 Å². The number of fused-ring (bicyclic) bond motifs is 1. The lowest BCUT2D eigenvalue weighted by Gasteiger charge is -2.13. The fourth-order valence-electron chi connectivity index (χ4n) is 3.95. The van der Waals surface area contributed by atoms with Gasteiger partial charge in [0.2, 0.25) is 11.9 Å². The number of aliphatic hydroxyl groups is 1. The molecule has 4 unspecified atom stereocenters.